The molecule has 2 saturated heterocycles. The molecule has 0 atom stereocenters. The zero-order valence-electron chi connectivity index (χ0n) is 17.0. The first-order valence-electron chi connectivity index (χ1n) is 9.82. The van der Waals surface area contributed by atoms with Crippen LogP contribution < -0.4 is 10.1 Å². The van der Waals surface area contributed by atoms with Gasteiger partial charge in [0, 0.05) is 52.5 Å². The van der Waals surface area contributed by atoms with Crippen LogP contribution >= 0.6 is 24.0 Å². The first-order chi connectivity index (χ1) is 13.8. The lowest BCUT2D eigenvalue weighted by atomic mass is 10.3. The number of piperazine rings is 1. The van der Waals surface area contributed by atoms with Gasteiger partial charge in [0.25, 0.3) is 0 Å². The summed E-state index contributed by atoms with van der Waals surface area (Å²) < 4.78 is 11.0. The molecule has 1 N–H and O–H groups in total. The van der Waals surface area contributed by atoms with Gasteiger partial charge in [0.1, 0.15) is 12.4 Å². The van der Waals surface area contributed by atoms with Crippen molar-refractivity contribution in [2.45, 2.75) is 0 Å². The molecule has 1 aromatic rings. The van der Waals surface area contributed by atoms with Crippen LogP contribution in [-0.4, -0.2) is 111 Å². The summed E-state index contributed by atoms with van der Waals surface area (Å²) in [7, 11) is 1.79. The van der Waals surface area contributed by atoms with E-state index < -0.39 is 0 Å². The number of pyridine rings is 1. The van der Waals surface area contributed by atoms with E-state index in [2.05, 4.69) is 25.1 Å². The van der Waals surface area contributed by atoms with Crippen LogP contribution in [0.15, 0.2) is 29.5 Å². The Hall–Kier alpha value is -1.66. The lowest BCUT2D eigenvalue weighted by Gasteiger charge is -2.37. The first-order valence-corrected chi connectivity index (χ1v) is 9.82. The number of hydrogen-bond donors (Lipinski definition) is 1. The molecule has 0 bridgehead atoms. The number of nitrogens with one attached hydrogen (secondary N) is 1. The molecule has 3 heterocycles. The molecule has 0 unspecified atom stereocenters. The molecule has 2 aliphatic rings. The van der Waals surface area contributed by atoms with Crippen molar-refractivity contribution in [3.63, 3.8) is 0 Å². The molecular formula is C19H31IN6O3. The van der Waals surface area contributed by atoms with Crippen LogP contribution in [0.1, 0.15) is 0 Å². The molecule has 9 nitrogen and oxygen atoms in total. The van der Waals surface area contributed by atoms with E-state index in [4.69, 9.17) is 9.47 Å². The minimum absolute atomic E-state index is 0. The predicted molar refractivity (Wildman–Crippen MR) is 122 cm³/mol. The van der Waals surface area contributed by atoms with Gasteiger partial charge in [-0.1, -0.05) is 0 Å². The topological polar surface area (TPSA) is 82.5 Å². The third-order valence-electron chi connectivity index (χ3n) is 4.89. The highest BCUT2D eigenvalue weighted by Gasteiger charge is 2.24. The average Bonchev–Trinajstić information content (AvgIpc) is 2.76. The average molecular weight is 518 g/mol. The van der Waals surface area contributed by atoms with Gasteiger partial charge in [0.15, 0.2) is 5.96 Å². The van der Waals surface area contributed by atoms with Crippen LogP contribution in [0.25, 0.3) is 0 Å². The van der Waals surface area contributed by atoms with E-state index >= 15 is 0 Å². The standard InChI is InChI=1S/C19H30N6O3.HI/c1-20-19(22-5-12-28-17-3-2-4-21-15-17)25-8-6-23(7-9-25)16-18(26)24-10-13-27-14-11-24;/h2-4,15H,5-14,16H2,1H3,(H,20,22);1H. The summed E-state index contributed by atoms with van der Waals surface area (Å²) in [6, 6.07) is 3.74. The van der Waals surface area contributed by atoms with Crippen molar-refractivity contribution in [2.24, 2.45) is 4.99 Å². The monoisotopic (exact) mass is 518 g/mol. The molecule has 162 valence electrons. The molecular weight excluding hydrogens is 487 g/mol. The second-order valence-electron chi connectivity index (χ2n) is 6.77. The van der Waals surface area contributed by atoms with Gasteiger partial charge in [0.2, 0.25) is 5.91 Å². The van der Waals surface area contributed by atoms with Crippen molar-refractivity contribution in [1.29, 1.82) is 0 Å². The Bertz CT molecular complexity index is 634. The number of morpholine rings is 1. The normalized spacial score (nSPS) is 18.2. The number of guanidine groups is 1. The Balaban J connectivity index is 0.00000300. The lowest BCUT2D eigenvalue weighted by Crippen LogP contribution is -2.55. The van der Waals surface area contributed by atoms with Gasteiger partial charge in [-0.05, 0) is 12.1 Å². The van der Waals surface area contributed by atoms with Crippen molar-refractivity contribution < 1.29 is 14.3 Å². The second-order valence-corrected chi connectivity index (χ2v) is 6.77. The molecule has 2 aliphatic heterocycles. The summed E-state index contributed by atoms with van der Waals surface area (Å²) >= 11 is 0. The number of halogens is 1. The van der Waals surface area contributed by atoms with Gasteiger partial charge in [-0.3, -0.25) is 19.7 Å². The van der Waals surface area contributed by atoms with Crippen LogP contribution in [-0.2, 0) is 9.53 Å². The number of aromatic nitrogens is 1. The summed E-state index contributed by atoms with van der Waals surface area (Å²) in [4.78, 5) is 27.1. The van der Waals surface area contributed by atoms with Gasteiger partial charge in [0.05, 0.1) is 32.5 Å². The first kappa shape index (κ1) is 23.6. The molecule has 3 rings (SSSR count). The van der Waals surface area contributed by atoms with E-state index in [0.29, 0.717) is 46.0 Å². The highest BCUT2D eigenvalue weighted by atomic mass is 127. The smallest absolute Gasteiger partial charge is 0.236 e. The van der Waals surface area contributed by atoms with E-state index in [1.807, 2.05) is 17.0 Å². The number of carbonyl (C=O) groups excluding carboxylic acids is 1. The number of aliphatic imine (C=N–C) groups is 1. The Morgan fingerprint density at radius 3 is 2.62 bits per heavy atom. The van der Waals surface area contributed by atoms with E-state index in [9.17, 15) is 4.79 Å². The van der Waals surface area contributed by atoms with Crippen molar-refractivity contribution >= 4 is 35.8 Å². The number of hydrogen-bond acceptors (Lipinski definition) is 6. The quantitative estimate of drug-likeness (QED) is 0.248. The van der Waals surface area contributed by atoms with Crippen molar-refractivity contribution in [1.82, 2.24) is 25.0 Å². The van der Waals surface area contributed by atoms with Crippen LogP contribution in [0.3, 0.4) is 0 Å². The summed E-state index contributed by atoms with van der Waals surface area (Å²) in [5, 5.41) is 3.34. The maximum atomic E-state index is 12.4. The third-order valence-corrected chi connectivity index (χ3v) is 4.89. The molecule has 10 heteroatoms. The molecule has 0 radical (unpaired) electrons. The number of carbonyl (C=O) groups is 1. The van der Waals surface area contributed by atoms with Gasteiger partial charge < -0.3 is 24.6 Å². The Kier molecular flexibility index (Phi) is 10.4. The van der Waals surface area contributed by atoms with Gasteiger partial charge in [-0.15, -0.1) is 24.0 Å². The van der Waals surface area contributed by atoms with Crippen LogP contribution in [0.2, 0.25) is 0 Å². The van der Waals surface area contributed by atoms with Crippen molar-refractivity contribution in [3.05, 3.63) is 24.5 Å². The minimum atomic E-state index is 0. The summed E-state index contributed by atoms with van der Waals surface area (Å²) in [5.41, 5.74) is 0. The fourth-order valence-corrected chi connectivity index (χ4v) is 3.32. The number of ether oxygens (including phenoxy) is 2. The predicted octanol–water partition coefficient (Wildman–Crippen LogP) is 0.130. The number of nitrogens with zero attached hydrogens (tertiary/aromatic N) is 5. The molecule has 29 heavy (non-hydrogen) atoms. The maximum absolute atomic E-state index is 12.4. The largest absolute Gasteiger partial charge is 0.490 e. The minimum Gasteiger partial charge on any atom is -0.490 e. The highest BCUT2D eigenvalue weighted by Crippen LogP contribution is 2.06. The molecule has 1 aromatic heterocycles. The van der Waals surface area contributed by atoms with Crippen LogP contribution in [0.5, 0.6) is 5.75 Å². The van der Waals surface area contributed by atoms with Crippen LogP contribution in [0, 0.1) is 0 Å². The summed E-state index contributed by atoms with van der Waals surface area (Å²) in [6.45, 7) is 7.78. The SMILES string of the molecule is CN=C(NCCOc1cccnc1)N1CCN(CC(=O)N2CCOCC2)CC1.I. The zero-order valence-corrected chi connectivity index (χ0v) is 19.3. The van der Waals surface area contributed by atoms with Gasteiger partial charge in [-0.2, -0.15) is 0 Å². The highest BCUT2D eigenvalue weighted by molar-refractivity contribution is 14.0. The van der Waals surface area contributed by atoms with E-state index in [1.165, 1.54) is 0 Å². The lowest BCUT2D eigenvalue weighted by molar-refractivity contribution is -0.136. The van der Waals surface area contributed by atoms with E-state index in [-0.39, 0.29) is 29.9 Å². The third kappa shape index (κ3) is 7.59. The zero-order chi connectivity index (χ0) is 19.6. The van der Waals surface area contributed by atoms with Crippen molar-refractivity contribution in [2.75, 3.05) is 79.2 Å². The van der Waals surface area contributed by atoms with Gasteiger partial charge in [-0.25, -0.2) is 0 Å². The van der Waals surface area contributed by atoms with Crippen LogP contribution in [0.4, 0.5) is 0 Å². The second kappa shape index (κ2) is 12.8. The molecule has 0 aromatic carbocycles. The molecule has 0 spiro atoms. The fraction of sp³-hybridized carbons (Fsp3) is 0.632. The Morgan fingerprint density at radius 1 is 1.21 bits per heavy atom. The summed E-state index contributed by atoms with van der Waals surface area (Å²) in [5.74, 6) is 1.83. The molecule has 2 fully saturated rings. The Labute approximate surface area is 189 Å². The molecule has 0 saturated carbocycles. The molecule has 0 aliphatic carbocycles. The Morgan fingerprint density at radius 2 is 1.97 bits per heavy atom. The van der Waals surface area contributed by atoms with Gasteiger partial charge >= 0.3 is 0 Å². The van der Waals surface area contributed by atoms with Crippen molar-refractivity contribution in [3.8, 4) is 5.75 Å². The molecule has 1 amide bonds. The number of amides is 1. The fourth-order valence-electron chi connectivity index (χ4n) is 3.32. The van der Waals surface area contributed by atoms with E-state index in [0.717, 1.165) is 37.9 Å². The summed E-state index contributed by atoms with van der Waals surface area (Å²) in [6.07, 6.45) is 3.42. The number of rotatable bonds is 6. The van der Waals surface area contributed by atoms with E-state index in [1.54, 1.807) is 19.4 Å². The maximum Gasteiger partial charge on any atom is 0.236 e.